The molecule has 1 amide bonds. The summed E-state index contributed by atoms with van der Waals surface area (Å²) in [4.78, 5) is 29.6. The van der Waals surface area contributed by atoms with Gasteiger partial charge in [0.15, 0.2) is 5.13 Å². The molecule has 144 valence electrons. The lowest BCUT2D eigenvalue weighted by Gasteiger charge is -2.03. The number of aromatic nitrogens is 1. The summed E-state index contributed by atoms with van der Waals surface area (Å²) in [6, 6.07) is 17.4. The molecule has 1 heterocycles. The van der Waals surface area contributed by atoms with E-state index in [0.29, 0.717) is 15.7 Å². The number of rotatable bonds is 7. The van der Waals surface area contributed by atoms with Gasteiger partial charge >= 0.3 is 5.97 Å². The minimum atomic E-state index is -0.436. The molecule has 2 aromatic carbocycles. The van der Waals surface area contributed by atoms with Crippen LogP contribution < -0.4 is 5.32 Å². The number of ether oxygens (including phenoxy) is 1. The Labute approximate surface area is 168 Å². The molecule has 0 unspecified atom stereocenters. The minimum Gasteiger partial charge on any atom is -0.462 e. The Balaban J connectivity index is 1.79. The molecule has 0 aliphatic rings. The van der Waals surface area contributed by atoms with Gasteiger partial charge in [0.1, 0.15) is 4.88 Å². The largest absolute Gasteiger partial charge is 0.462 e. The lowest BCUT2D eigenvalue weighted by Crippen LogP contribution is -2.14. The van der Waals surface area contributed by atoms with Gasteiger partial charge in [-0.1, -0.05) is 72.9 Å². The van der Waals surface area contributed by atoms with Crippen LogP contribution in [-0.2, 0) is 22.4 Å². The van der Waals surface area contributed by atoms with Crippen LogP contribution in [0.2, 0.25) is 0 Å². The molecule has 0 bridgehead atoms. The number of nitrogens with one attached hydrogen (secondary N) is 1. The van der Waals surface area contributed by atoms with Crippen LogP contribution in [0.15, 0.2) is 54.6 Å². The van der Waals surface area contributed by atoms with Crippen LogP contribution in [-0.4, -0.2) is 23.5 Å². The predicted molar refractivity (Wildman–Crippen MR) is 112 cm³/mol. The quantitative estimate of drug-likeness (QED) is 0.588. The van der Waals surface area contributed by atoms with Gasteiger partial charge in [0.05, 0.1) is 18.7 Å². The monoisotopic (exact) mass is 394 g/mol. The molecule has 6 heteroatoms. The van der Waals surface area contributed by atoms with Crippen molar-refractivity contribution in [1.82, 2.24) is 4.98 Å². The van der Waals surface area contributed by atoms with Gasteiger partial charge < -0.3 is 10.1 Å². The summed E-state index contributed by atoms with van der Waals surface area (Å²) in [6.07, 6.45) is 1.21. The molecule has 0 atom stereocenters. The first-order valence-electron chi connectivity index (χ1n) is 9.21. The molecule has 1 aromatic heterocycles. The van der Waals surface area contributed by atoms with Crippen molar-refractivity contribution in [3.8, 4) is 11.3 Å². The van der Waals surface area contributed by atoms with Crippen LogP contribution in [0, 0.1) is 0 Å². The van der Waals surface area contributed by atoms with Crippen LogP contribution in [0.4, 0.5) is 5.13 Å². The maximum absolute atomic E-state index is 12.4. The molecule has 0 saturated heterocycles. The number of aryl methyl sites for hydroxylation is 1. The van der Waals surface area contributed by atoms with Gasteiger partial charge in [0.2, 0.25) is 5.91 Å². The number of carbonyl (C=O) groups excluding carboxylic acids is 2. The summed E-state index contributed by atoms with van der Waals surface area (Å²) >= 11 is 1.13. The number of hydrogen-bond acceptors (Lipinski definition) is 5. The zero-order valence-electron chi connectivity index (χ0n) is 15.9. The van der Waals surface area contributed by atoms with Crippen LogP contribution in [0.1, 0.15) is 34.6 Å². The van der Waals surface area contributed by atoms with E-state index in [1.54, 1.807) is 6.92 Å². The van der Waals surface area contributed by atoms with Crippen molar-refractivity contribution < 1.29 is 14.3 Å². The van der Waals surface area contributed by atoms with E-state index in [1.807, 2.05) is 54.6 Å². The lowest BCUT2D eigenvalue weighted by atomic mass is 10.1. The van der Waals surface area contributed by atoms with Crippen LogP contribution in [0.25, 0.3) is 11.3 Å². The zero-order chi connectivity index (χ0) is 19.9. The first-order chi connectivity index (χ1) is 13.6. The molecule has 28 heavy (non-hydrogen) atoms. The van der Waals surface area contributed by atoms with Gasteiger partial charge in [0, 0.05) is 5.56 Å². The smallest absolute Gasteiger partial charge is 0.350 e. The topological polar surface area (TPSA) is 68.3 Å². The van der Waals surface area contributed by atoms with Gasteiger partial charge in [-0.05, 0) is 24.5 Å². The second kappa shape index (κ2) is 9.28. The second-order valence-electron chi connectivity index (χ2n) is 6.18. The standard InChI is InChI=1S/C22H22N2O3S/c1-3-15-10-12-16(13-11-15)14-18(25)23-22-24-19(17-8-6-5-7-9-17)20(28-22)21(26)27-4-2/h5-13H,3-4,14H2,1-2H3,(H,23,24,25). The molecule has 0 radical (unpaired) electrons. The minimum absolute atomic E-state index is 0.173. The van der Waals surface area contributed by atoms with Crippen molar-refractivity contribution in [1.29, 1.82) is 0 Å². The maximum Gasteiger partial charge on any atom is 0.350 e. The molecule has 3 aromatic rings. The number of nitrogens with zero attached hydrogens (tertiary/aromatic N) is 1. The highest BCUT2D eigenvalue weighted by molar-refractivity contribution is 7.18. The molecule has 0 saturated carbocycles. The van der Waals surface area contributed by atoms with Gasteiger partial charge in [0.25, 0.3) is 0 Å². The van der Waals surface area contributed by atoms with Crippen molar-refractivity contribution in [3.63, 3.8) is 0 Å². The predicted octanol–water partition coefficient (Wildman–Crippen LogP) is 4.73. The van der Waals surface area contributed by atoms with Crippen molar-refractivity contribution in [2.24, 2.45) is 0 Å². The third kappa shape index (κ3) is 4.84. The van der Waals surface area contributed by atoms with E-state index >= 15 is 0 Å². The van der Waals surface area contributed by atoms with Crippen LogP contribution in [0.3, 0.4) is 0 Å². The van der Waals surface area contributed by atoms with Crippen molar-refractivity contribution in [3.05, 3.63) is 70.6 Å². The third-order valence-electron chi connectivity index (χ3n) is 4.18. The van der Waals surface area contributed by atoms with E-state index in [9.17, 15) is 9.59 Å². The van der Waals surface area contributed by atoms with E-state index in [-0.39, 0.29) is 18.9 Å². The Kier molecular flexibility index (Phi) is 6.55. The molecule has 0 aliphatic carbocycles. The summed E-state index contributed by atoms with van der Waals surface area (Å²) in [6.45, 7) is 4.13. The van der Waals surface area contributed by atoms with E-state index < -0.39 is 5.97 Å². The molecule has 0 fully saturated rings. The summed E-state index contributed by atoms with van der Waals surface area (Å²) in [5.74, 6) is -0.609. The van der Waals surface area contributed by atoms with Crippen molar-refractivity contribution in [2.75, 3.05) is 11.9 Å². The summed E-state index contributed by atoms with van der Waals surface area (Å²) < 4.78 is 5.14. The molecule has 1 N–H and O–H groups in total. The van der Waals surface area contributed by atoms with Gasteiger partial charge in [-0.15, -0.1) is 0 Å². The number of thiazole rings is 1. The SMILES string of the molecule is CCOC(=O)c1sc(NC(=O)Cc2ccc(CC)cc2)nc1-c1ccccc1. The van der Waals surface area contributed by atoms with Crippen molar-refractivity contribution >= 4 is 28.3 Å². The summed E-state index contributed by atoms with van der Waals surface area (Å²) in [5, 5.41) is 3.19. The number of hydrogen-bond donors (Lipinski definition) is 1. The summed E-state index contributed by atoms with van der Waals surface area (Å²) in [5.41, 5.74) is 3.49. The highest BCUT2D eigenvalue weighted by Gasteiger charge is 2.21. The Morgan fingerprint density at radius 3 is 2.32 bits per heavy atom. The number of amides is 1. The maximum atomic E-state index is 12.4. The Morgan fingerprint density at radius 2 is 1.68 bits per heavy atom. The van der Waals surface area contributed by atoms with Gasteiger partial charge in [-0.25, -0.2) is 9.78 Å². The molecule has 0 spiro atoms. The third-order valence-corrected chi connectivity index (χ3v) is 5.13. The first kappa shape index (κ1) is 19.8. The van der Waals surface area contributed by atoms with E-state index in [0.717, 1.165) is 28.9 Å². The van der Waals surface area contributed by atoms with Crippen LogP contribution in [0.5, 0.6) is 0 Å². The fraction of sp³-hybridized carbons (Fsp3) is 0.227. The highest BCUT2D eigenvalue weighted by Crippen LogP contribution is 2.31. The zero-order valence-corrected chi connectivity index (χ0v) is 16.7. The van der Waals surface area contributed by atoms with E-state index in [1.165, 1.54) is 5.56 Å². The van der Waals surface area contributed by atoms with Crippen molar-refractivity contribution in [2.45, 2.75) is 26.7 Å². The van der Waals surface area contributed by atoms with Gasteiger partial charge in [-0.3, -0.25) is 4.79 Å². The Morgan fingerprint density at radius 1 is 1.00 bits per heavy atom. The molecule has 0 aliphatic heterocycles. The Hall–Kier alpha value is -2.99. The highest BCUT2D eigenvalue weighted by atomic mass is 32.1. The fourth-order valence-corrected chi connectivity index (χ4v) is 3.64. The number of anilines is 1. The number of esters is 1. The number of benzene rings is 2. The molecular weight excluding hydrogens is 372 g/mol. The molecule has 5 nitrogen and oxygen atoms in total. The fourth-order valence-electron chi connectivity index (χ4n) is 2.74. The normalized spacial score (nSPS) is 10.5. The average molecular weight is 394 g/mol. The van der Waals surface area contributed by atoms with E-state index in [2.05, 4.69) is 17.2 Å². The van der Waals surface area contributed by atoms with E-state index in [4.69, 9.17) is 4.74 Å². The lowest BCUT2D eigenvalue weighted by molar-refractivity contribution is -0.115. The second-order valence-corrected chi connectivity index (χ2v) is 7.18. The summed E-state index contributed by atoms with van der Waals surface area (Å²) in [7, 11) is 0. The van der Waals surface area contributed by atoms with Gasteiger partial charge in [-0.2, -0.15) is 0 Å². The molecule has 3 rings (SSSR count). The average Bonchev–Trinajstić information content (AvgIpc) is 3.13. The molecular formula is C22H22N2O3S. The Bertz CT molecular complexity index is 950. The number of carbonyl (C=O) groups is 2. The van der Waals surface area contributed by atoms with Crippen LogP contribution >= 0.6 is 11.3 Å². The first-order valence-corrected chi connectivity index (χ1v) is 10.0.